The molecule has 2 unspecified atom stereocenters. The predicted octanol–water partition coefficient (Wildman–Crippen LogP) is 5.83. The van der Waals surface area contributed by atoms with Crippen molar-refractivity contribution >= 4 is 40.7 Å². The number of amides is 1. The molecule has 2 atom stereocenters. The van der Waals surface area contributed by atoms with Gasteiger partial charge in [-0.25, -0.2) is 18.5 Å². The Balaban J connectivity index is 1.77. The van der Waals surface area contributed by atoms with Crippen molar-refractivity contribution in [1.29, 1.82) is 0 Å². The molecule has 4 rings (SSSR count). The number of nitrogens with one attached hydrogen (secondary N) is 1. The SMILES string of the molecule is Cc1c(C(=O)NN2CC(F)CC(F)C2)nn(-c2ccc(Cl)cc2Cl)c1-c1ccc(Cl)cc1. The molecule has 1 fully saturated rings. The molecule has 5 nitrogen and oxygen atoms in total. The molecule has 2 heterocycles. The zero-order valence-electron chi connectivity index (χ0n) is 17.0. The third-order valence-electron chi connectivity index (χ3n) is 5.20. The third-order valence-corrected chi connectivity index (χ3v) is 5.99. The van der Waals surface area contributed by atoms with Gasteiger partial charge < -0.3 is 0 Å². The fourth-order valence-corrected chi connectivity index (χ4v) is 4.37. The smallest absolute Gasteiger partial charge is 0.283 e. The van der Waals surface area contributed by atoms with Crippen molar-refractivity contribution in [2.75, 3.05) is 13.1 Å². The Morgan fingerprint density at radius 3 is 2.28 bits per heavy atom. The Morgan fingerprint density at radius 2 is 1.66 bits per heavy atom. The van der Waals surface area contributed by atoms with Crippen molar-refractivity contribution in [3.05, 3.63) is 68.8 Å². The zero-order valence-corrected chi connectivity index (χ0v) is 19.2. The molecule has 3 aromatic rings. The molecule has 2 aromatic carbocycles. The van der Waals surface area contributed by atoms with Crippen molar-refractivity contribution in [2.45, 2.75) is 25.7 Å². The topological polar surface area (TPSA) is 50.2 Å². The van der Waals surface area contributed by atoms with Gasteiger partial charge in [-0.3, -0.25) is 10.2 Å². The summed E-state index contributed by atoms with van der Waals surface area (Å²) in [6.45, 7) is 1.58. The standard InChI is InChI=1S/C22H19Cl3F2N4O/c1-12-20(22(32)29-30-10-16(26)9-17(27)11-30)28-31(19-7-6-15(24)8-18(19)25)21(12)13-2-4-14(23)5-3-13/h2-8,16-17H,9-11H2,1H3,(H,29,32). The lowest BCUT2D eigenvalue weighted by Gasteiger charge is -2.30. The number of benzene rings is 2. The molecular formula is C22H19Cl3F2N4O. The Hall–Kier alpha value is -2.19. The van der Waals surface area contributed by atoms with Gasteiger partial charge >= 0.3 is 0 Å². The van der Waals surface area contributed by atoms with Crippen LogP contribution in [0.3, 0.4) is 0 Å². The van der Waals surface area contributed by atoms with Gasteiger partial charge in [0, 0.05) is 40.7 Å². The summed E-state index contributed by atoms with van der Waals surface area (Å²) < 4.78 is 29.0. The minimum atomic E-state index is -1.35. The van der Waals surface area contributed by atoms with E-state index in [1.807, 2.05) is 0 Å². The zero-order chi connectivity index (χ0) is 23.0. The van der Waals surface area contributed by atoms with Gasteiger partial charge in [-0.1, -0.05) is 46.9 Å². The quantitative estimate of drug-likeness (QED) is 0.491. The Labute approximate surface area is 198 Å². The molecule has 0 saturated carbocycles. The van der Waals surface area contributed by atoms with Gasteiger partial charge in [0.15, 0.2) is 5.69 Å². The highest BCUT2D eigenvalue weighted by molar-refractivity contribution is 6.35. The average Bonchev–Trinajstić information content (AvgIpc) is 3.05. The van der Waals surface area contributed by atoms with E-state index in [1.54, 1.807) is 54.1 Å². The van der Waals surface area contributed by atoms with E-state index >= 15 is 0 Å². The molecule has 0 bridgehead atoms. The van der Waals surface area contributed by atoms with Crippen LogP contribution in [0.2, 0.25) is 15.1 Å². The van der Waals surface area contributed by atoms with Crippen molar-refractivity contribution in [3.63, 3.8) is 0 Å². The highest BCUT2D eigenvalue weighted by Gasteiger charge is 2.30. The van der Waals surface area contributed by atoms with E-state index in [-0.39, 0.29) is 25.2 Å². The van der Waals surface area contributed by atoms with Crippen LogP contribution in [0.15, 0.2) is 42.5 Å². The summed E-state index contributed by atoms with van der Waals surface area (Å²) >= 11 is 18.5. The van der Waals surface area contributed by atoms with E-state index in [4.69, 9.17) is 34.8 Å². The van der Waals surface area contributed by atoms with E-state index in [0.717, 1.165) is 5.56 Å². The first kappa shape index (κ1) is 23.0. The number of hydrogen-bond acceptors (Lipinski definition) is 3. The van der Waals surface area contributed by atoms with Crippen LogP contribution in [0.5, 0.6) is 0 Å². The summed E-state index contributed by atoms with van der Waals surface area (Å²) in [4.78, 5) is 13.0. The maximum Gasteiger partial charge on any atom is 0.286 e. The number of rotatable bonds is 4. The van der Waals surface area contributed by atoms with Gasteiger partial charge in [0.1, 0.15) is 12.3 Å². The van der Waals surface area contributed by atoms with Gasteiger partial charge in [0.2, 0.25) is 0 Å². The fraction of sp³-hybridized carbons (Fsp3) is 0.273. The maximum atomic E-state index is 13.7. The molecule has 1 aromatic heterocycles. The largest absolute Gasteiger partial charge is 0.286 e. The minimum Gasteiger partial charge on any atom is -0.283 e. The molecule has 10 heteroatoms. The van der Waals surface area contributed by atoms with Crippen LogP contribution >= 0.6 is 34.8 Å². The summed E-state index contributed by atoms with van der Waals surface area (Å²) in [6, 6.07) is 12.0. The lowest BCUT2D eigenvalue weighted by Crippen LogP contribution is -2.52. The van der Waals surface area contributed by atoms with Gasteiger partial charge in [-0.2, -0.15) is 5.10 Å². The second kappa shape index (κ2) is 9.35. The molecule has 0 aliphatic carbocycles. The minimum absolute atomic E-state index is 0.0844. The Morgan fingerprint density at radius 1 is 1.03 bits per heavy atom. The van der Waals surface area contributed by atoms with Crippen LogP contribution < -0.4 is 5.43 Å². The molecule has 1 saturated heterocycles. The number of piperidine rings is 1. The molecule has 168 valence electrons. The Bertz CT molecular complexity index is 1140. The molecule has 1 aliphatic rings. The van der Waals surface area contributed by atoms with Gasteiger partial charge in [-0.05, 0) is 37.3 Å². The van der Waals surface area contributed by atoms with Crippen LogP contribution in [0, 0.1) is 6.92 Å². The number of hydrogen-bond donors (Lipinski definition) is 1. The summed E-state index contributed by atoms with van der Waals surface area (Å²) in [5, 5.41) is 7.12. The number of carbonyl (C=O) groups is 1. The average molecular weight is 500 g/mol. The Kier molecular flexibility index (Phi) is 6.72. The number of carbonyl (C=O) groups excluding carboxylic acids is 1. The van der Waals surface area contributed by atoms with E-state index < -0.39 is 18.3 Å². The predicted molar refractivity (Wildman–Crippen MR) is 122 cm³/mol. The fourth-order valence-electron chi connectivity index (χ4n) is 3.75. The lowest BCUT2D eigenvalue weighted by atomic mass is 10.1. The number of alkyl halides is 2. The first-order chi connectivity index (χ1) is 15.2. The summed E-state index contributed by atoms with van der Waals surface area (Å²) in [5.74, 6) is -0.567. The summed E-state index contributed by atoms with van der Waals surface area (Å²) in [6.07, 6.45) is -2.87. The maximum absolute atomic E-state index is 13.7. The van der Waals surface area contributed by atoms with Crippen LogP contribution in [0.25, 0.3) is 16.9 Å². The second-order valence-electron chi connectivity index (χ2n) is 7.61. The molecule has 0 radical (unpaired) electrons. The molecular weight excluding hydrogens is 481 g/mol. The third kappa shape index (κ3) is 4.76. The van der Waals surface area contributed by atoms with Crippen LogP contribution in [0.4, 0.5) is 8.78 Å². The van der Waals surface area contributed by atoms with E-state index in [9.17, 15) is 13.6 Å². The van der Waals surface area contributed by atoms with Crippen molar-refractivity contribution < 1.29 is 13.6 Å². The summed E-state index contributed by atoms with van der Waals surface area (Å²) in [5.41, 5.74) is 5.16. The monoisotopic (exact) mass is 498 g/mol. The van der Waals surface area contributed by atoms with Crippen LogP contribution in [-0.4, -0.2) is 46.1 Å². The van der Waals surface area contributed by atoms with E-state index in [0.29, 0.717) is 32.0 Å². The van der Waals surface area contributed by atoms with Crippen molar-refractivity contribution in [2.24, 2.45) is 0 Å². The van der Waals surface area contributed by atoms with Crippen molar-refractivity contribution in [3.8, 4) is 16.9 Å². The van der Waals surface area contributed by atoms with E-state index in [2.05, 4.69) is 10.5 Å². The first-order valence-electron chi connectivity index (χ1n) is 9.88. The summed E-state index contributed by atoms with van der Waals surface area (Å²) in [7, 11) is 0. The van der Waals surface area contributed by atoms with Gasteiger partial charge in [-0.15, -0.1) is 0 Å². The lowest BCUT2D eigenvalue weighted by molar-refractivity contribution is 0.0347. The molecule has 1 amide bonds. The molecule has 1 N–H and O–H groups in total. The van der Waals surface area contributed by atoms with Crippen LogP contribution in [-0.2, 0) is 0 Å². The first-order valence-corrected chi connectivity index (χ1v) is 11.0. The highest BCUT2D eigenvalue weighted by atomic mass is 35.5. The number of hydrazine groups is 1. The van der Waals surface area contributed by atoms with Crippen LogP contribution in [0.1, 0.15) is 22.5 Å². The molecule has 32 heavy (non-hydrogen) atoms. The van der Waals surface area contributed by atoms with Crippen molar-refractivity contribution in [1.82, 2.24) is 20.2 Å². The second-order valence-corrected chi connectivity index (χ2v) is 8.89. The number of nitrogens with zero attached hydrogens (tertiary/aromatic N) is 3. The normalized spacial score (nSPS) is 19.2. The number of halogens is 5. The van der Waals surface area contributed by atoms with Gasteiger partial charge in [0.05, 0.1) is 16.4 Å². The van der Waals surface area contributed by atoms with Gasteiger partial charge in [0.25, 0.3) is 5.91 Å². The molecule has 1 aliphatic heterocycles. The molecule has 0 spiro atoms. The van der Waals surface area contributed by atoms with E-state index in [1.165, 1.54) is 5.01 Å². The number of aromatic nitrogens is 2. The highest BCUT2D eigenvalue weighted by Crippen LogP contribution is 2.33.